The van der Waals surface area contributed by atoms with Gasteiger partial charge in [-0.1, -0.05) is 11.3 Å². The first-order valence-corrected chi connectivity index (χ1v) is 13.3. The molecule has 1 amide bonds. The first-order valence-electron chi connectivity index (χ1n) is 13.3. The number of imidazole rings is 3. The number of hydrogen-bond donors (Lipinski definition) is 0. The van der Waals surface area contributed by atoms with Gasteiger partial charge in [-0.2, -0.15) is 0 Å². The summed E-state index contributed by atoms with van der Waals surface area (Å²) in [6.07, 6.45) is 5.31. The zero-order valence-electron chi connectivity index (χ0n) is 22.9. The van der Waals surface area contributed by atoms with Crippen LogP contribution in [0.25, 0.3) is 50.5 Å². The van der Waals surface area contributed by atoms with Gasteiger partial charge in [0.15, 0.2) is 5.82 Å². The molecule has 208 valence electrons. The van der Waals surface area contributed by atoms with Crippen molar-refractivity contribution in [1.29, 1.82) is 0 Å². The summed E-state index contributed by atoms with van der Waals surface area (Å²) in [5, 5.41) is 8.53. The number of aryl methyl sites for hydroxylation is 3. The average molecular weight is 553 g/mol. The van der Waals surface area contributed by atoms with Crippen LogP contribution in [0, 0.1) is 0 Å². The number of hydrogen-bond acceptors (Lipinski definition) is 7. The highest BCUT2D eigenvalue weighted by molar-refractivity contribution is 5.88. The van der Waals surface area contributed by atoms with Gasteiger partial charge in [-0.15, -0.1) is 5.10 Å². The Bertz CT molecular complexity index is 2000. The molecule has 5 heterocycles. The Morgan fingerprint density at radius 2 is 1.76 bits per heavy atom. The lowest BCUT2D eigenvalue weighted by molar-refractivity contribution is -0.136. The second-order valence-electron chi connectivity index (χ2n) is 10.2. The minimum Gasteiger partial charge on any atom is -0.378 e. The number of rotatable bonds is 5. The Balaban J connectivity index is 1.30. The van der Waals surface area contributed by atoms with Crippen molar-refractivity contribution in [3.05, 3.63) is 65.6 Å². The van der Waals surface area contributed by atoms with E-state index in [0.717, 1.165) is 44.8 Å². The Hall–Kier alpha value is -5.04. The molecular formula is C28H28N10O3. The van der Waals surface area contributed by atoms with Gasteiger partial charge in [0.1, 0.15) is 17.9 Å². The fraction of sp³-hybridized carbons (Fsp3) is 0.286. The predicted octanol–water partition coefficient (Wildman–Crippen LogP) is 1.73. The van der Waals surface area contributed by atoms with Crippen LogP contribution < -0.4 is 5.69 Å². The number of fused-ring (bicyclic) bond motifs is 2. The van der Waals surface area contributed by atoms with E-state index in [1.807, 2.05) is 48.0 Å². The first kappa shape index (κ1) is 25.0. The maximum atomic E-state index is 12.7. The van der Waals surface area contributed by atoms with Crippen molar-refractivity contribution < 1.29 is 9.53 Å². The molecule has 1 fully saturated rings. The quantitative estimate of drug-likeness (QED) is 0.319. The molecule has 7 rings (SSSR count). The van der Waals surface area contributed by atoms with Crippen LogP contribution in [0.1, 0.15) is 0 Å². The van der Waals surface area contributed by atoms with Crippen molar-refractivity contribution in [2.24, 2.45) is 21.1 Å². The van der Waals surface area contributed by atoms with Crippen LogP contribution in [-0.2, 0) is 37.2 Å². The third-order valence-corrected chi connectivity index (χ3v) is 7.71. The van der Waals surface area contributed by atoms with E-state index in [4.69, 9.17) is 9.72 Å². The van der Waals surface area contributed by atoms with Crippen LogP contribution in [0.4, 0.5) is 0 Å². The summed E-state index contributed by atoms with van der Waals surface area (Å²) in [5.74, 6) is 0.713. The van der Waals surface area contributed by atoms with Crippen LogP contribution >= 0.6 is 0 Å². The molecular weight excluding hydrogens is 524 g/mol. The lowest BCUT2D eigenvalue weighted by Crippen LogP contribution is -2.42. The van der Waals surface area contributed by atoms with Crippen LogP contribution in [0.3, 0.4) is 0 Å². The summed E-state index contributed by atoms with van der Waals surface area (Å²) >= 11 is 0. The van der Waals surface area contributed by atoms with Gasteiger partial charge in [0.2, 0.25) is 5.91 Å². The number of ether oxygens (including phenoxy) is 1. The molecule has 2 aromatic carbocycles. The SMILES string of the molecule is Cn1cncc1-c1nc2cc(-c3cn(CC(=O)N4CCOCC4)nn3)ccc2n1-c1ccc2c(c1)n(C)c(=O)n2C. The fourth-order valence-corrected chi connectivity index (χ4v) is 5.44. The number of amides is 1. The van der Waals surface area contributed by atoms with Crippen molar-refractivity contribution in [1.82, 2.24) is 48.1 Å². The largest absolute Gasteiger partial charge is 0.378 e. The molecule has 0 bridgehead atoms. The standard InChI is InChI=1S/C28H28N10O3/c1-33-17-29-14-25(33)27-30-20-12-18(21-15-37(32-31-21)16-26(39)36-8-10-41-11-9-36)4-6-22(20)38(27)19-5-7-23-24(13-19)35(3)28(40)34(23)2/h4-7,12-15,17H,8-11,16H2,1-3H3. The third-order valence-electron chi connectivity index (χ3n) is 7.71. The number of carbonyl (C=O) groups is 1. The lowest BCUT2D eigenvalue weighted by Gasteiger charge is -2.26. The maximum Gasteiger partial charge on any atom is 0.328 e. The van der Waals surface area contributed by atoms with E-state index in [1.165, 1.54) is 0 Å². The highest BCUT2D eigenvalue weighted by atomic mass is 16.5. The molecule has 6 aromatic rings. The van der Waals surface area contributed by atoms with Gasteiger partial charge in [-0.05, 0) is 30.3 Å². The number of carbonyl (C=O) groups excluding carboxylic acids is 1. The fourth-order valence-electron chi connectivity index (χ4n) is 5.44. The van der Waals surface area contributed by atoms with Crippen LogP contribution in [0.2, 0.25) is 0 Å². The summed E-state index contributed by atoms with van der Waals surface area (Å²) in [5.41, 5.74) is 6.46. The van der Waals surface area contributed by atoms with E-state index in [1.54, 1.807) is 51.5 Å². The van der Waals surface area contributed by atoms with E-state index in [-0.39, 0.29) is 18.1 Å². The molecule has 0 radical (unpaired) electrons. The van der Waals surface area contributed by atoms with Gasteiger partial charge < -0.3 is 14.2 Å². The first-order chi connectivity index (χ1) is 19.9. The third kappa shape index (κ3) is 4.12. The van der Waals surface area contributed by atoms with Crippen molar-refractivity contribution in [3.63, 3.8) is 0 Å². The van der Waals surface area contributed by atoms with Gasteiger partial charge in [-0.3, -0.25) is 18.5 Å². The summed E-state index contributed by atoms with van der Waals surface area (Å²) in [6, 6.07) is 11.9. The smallest absolute Gasteiger partial charge is 0.328 e. The number of aromatic nitrogens is 9. The Morgan fingerprint density at radius 3 is 2.54 bits per heavy atom. The summed E-state index contributed by atoms with van der Waals surface area (Å²) in [7, 11) is 5.47. The molecule has 0 unspecified atom stereocenters. The zero-order chi connectivity index (χ0) is 28.2. The van der Waals surface area contributed by atoms with Gasteiger partial charge in [0.05, 0.1) is 54.0 Å². The highest BCUT2D eigenvalue weighted by Crippen LogP contribution is 2.32. The van der Waals surface area contributed by atoms with Gasteiger partial charge >= 0.3 is 5.69 Å². The Kier molecular flexibility index (Phi) is 5.82. The van der Waals surface area contributed by atoms with Crippen LogP contribution in [0.15, 0.2) is 59.9 Å². The molecule has 13 heteroatoms. The van der Waals surface area contributed by atoms with Crippen molar-refractivity contribution in [3.8, 4) is 28.5 Å². The van der Waals surface area contributed by atoms with Crippen molar-refractivity contribution in [2.75, 3.05) is 26.3 Å². The second kappa shape index (κ2) is 9.55. The van der Waals surface area contributed by atoms with Gasteiger partial charge in [0.25, 0.3) is 0 Å². The van der Waals surface area contributed by atoms with E-state index in [0.29, 0.717) is 32.0 Å². The van der Waals surface area contributed by atoms with Crippen molar-refractivity contribution >= 4 is 28.0 Å². The second-order valence-corrected chi connectivity index (χ2v) is 10.2. The highest BCUT2D eigenvalue weighted by Gasteiger charge is 2.21. The Morgan fingerprint density at radius 1 is 0.976 bits per heavy atom. The average Bonchev–Trinajstić information content (AvgIpc) is 3.77. The lowest BCUT2D eigenvalue weighted by atomic mass is 10.1. The number of morpholine rings is 1. The van der Waals surface area contributed by atoms with Gasteiger partial charge in [0, 0.05) is 45.5 Å². The molecule has 41 heavy (non-hydrogen) atoms. The van der Waals surface area contributed by atoms with Gasteiger partial charge in [-0.25, -0.2) is 19.4 Å². The molecule has 1 aliphatic rings. The van der Waals surface area contributed by atoms with E-state index >= 15 is 0 Å². The minimum absolute atomic E-state index is 0.00681. The van der Waals surface area contributed by atoms with E-state index in [2.05, 4.69) is 19.9 Å². The van der Waals surface area contributed by atoms with Crippen LogP contribution in [-0.4, -0.2) is 80.3 Å². The maximum absolute atomic E-state index is 12.7. The number of benzene rings is 2. The molecule has 0 aliphatic carbocycles. The summed E-state index contributed by atoms with van der Waals surface area (Å²) < 4.78 is 14.2. The molecule has 13 nitrogen and oxygen atoms in total. The molecule has 0 N–H and O–H groups in total. The Labute approximate surface area is 233 Å². The topological polar surface area (TPSA) is 123 Å². The summed E-state index contributed by atoms with van der Waals surface area (Å²) in [4.78, 5) is 36.3. The molecule has 1 saturated heterocycles. The zero-order valence-corrected chi connectivity index (χ0v) is 22.9. The molecule has 0 atom stereocenters. The van der Waals surface area contributed by atoms with Crippen LogP contribution in [0.5, 0.6) is 0 Å². The van der Waals surface area contributed by atoms with E-state index in [9.17, 15) is 9.59 Å². The normalized spacial score (nSPS) is 14.0. The number of nitrogens with zero attached hydrogens (tertiary/aromatic N) is 10. The molecule has 0 saturated carbocycles. The molecule has 0 spiro atoms. The van der Waals surface area contributed by atoms with Crippen molar-refractivity contribution in [2.45, 2.75) is 6.54 Å². The monoisotopic (exact) mass is 552 g/mol. The van der Waals surface area contributed by atoms with E-state index < -0.39 is 0 Å². The molecule has 1 aliphatic heterocycles. The predicted molar refractivity (Wildman–Crippen MR) is 151 cm³/mol. The molecule has 4 aromatic heterocycles. The minimum atomic E-state index is -0.0798. The summed E-state index contributed by atoms with van der Waals surface area (Å²) in [6.45, 7) is 2.41.